The third-order valence-electron chi connectivity index (χ3n) is 3.09. The number of unbranched alkanes of at least 4 members (excludes halogenated alkanes) is 1. The molecular weight excluding hydrogens is 246 g/mol. The monoisotopic (exact) mass is 265 g/mol. The van der Waals surface area contributed by atoms with Crippen LogP contribution in [-0.4, -0.2) is 6.61 Å². The van der Waals surface area contributed by atoms with Crippen molar-refractivity contribution < 1.29 is 4.74 Å². The molecule has 2 nitrogen and oxygen atoms in total. The average Bonchev–Trinajstić information content (AvgIpc) is 2.39. The van der Waals surface area contributed by atoms with E-state index in [-0.39, 0.29) is 0 Å². The molecule has 1 aromatic rings. The summed E-state index contributed by atoms with van der Waals surface area (Å²) in [5.74, 6) is 1.34. The molecule has 0 spiro atoms. The van der Waals surface area contributed by atoms with E-state index in [1.54, 1.807) is 18.2 Å². The lowest BCUT2D eigenvalue weighted by atomic mass is 10.0. The van der Waals surface area contributed by atoms with Crippen molar-refractivity contribution in [1.82, 2.24) is 0 Å². The highest BCUT2D eigenvalue weighted by Crippen LogP contribution is 2.23. The smallest absolute Gasteiger partial charge is 0.120 e. The second kappa shape index (κ2) is 8.00. The second-order valence-electron chi connectivity index (χ2n) is 4.48. The van der Waals surface area contributed by atoms with E-state index < -0.39 is 0 Å². The van der Waals surface area contributed by atoms with Gasteiger partial charge in [-0.1, -0.05) is 44.7 Å². The Kier molecular flexibility index (Phi) is 6.60. The van der Waals surface area contributed by atoms with Gasteiger partial charge in [0.05, 0.1) is 17.2 Å². The van der Waals surface area contributed by atoms with Crippen LogP contribution in [0.1, 0.15) is 45.1 Å². The molecule has 0 saturated carbocycles. The van der Waals surface area contributed by atoms with Crippen molar-refractivity contribution in [3.63, 3.8) is 0 Å². The summed E-state index contributed by atoms with van der Waals surface area (Å²) in [6, 6.07) is 7.26. The average molecular weight is 266 g/mol. The van der Waals surface area contributed by atoms with Crippen LogP contribution in [-0.2, 0) is 0 Å². The first-order valence-electron chi connectivity index (χ1n) is 6.53. The molecule has 0 radical (unpaired) electrons. The lowest BCUT2D eigenvalue weighted by Gasteiger charge is -2.15. The maximum atomic E-state index is 8.79. The van der Waals surface area contributed by atoms with E-state index >= 15 is 0 Å². The first-order valence-corrected chi connectivity index (χ1v) is 6.91. The molecule has 0 aliphatic heterocycles. The molecule has 0 amide bonds. The van der Waals surface area contributed by atoms with Crippen LogP contribution in [0.4, 0.5) is 0 Å². The van der Waals surface area contributed by atoms with Gasteiger partial charge in [0.1, 0.15) is 11.8 Å². The number of hydrogen-bond donors (Lipinski definition) is 0. The number of hydrogen-bond acceptors (Lipinski definition) is 2. The zero-order chi connectivity index (χ0) is 13.4. The lowest BCUT2D eigenvalue weighted by molar-refractivity contribution is 0.233. The summed E-state index contributed by atoms with van der Waals surface area (Å²) >= 11 is 5.96. The maximum Gasteiger partial charge on any atom is 0.120 e. The molecule has 3 heteroatoms. The third-order valence-corrected chi connectivity index (χ3v) is 3.40. The molecule has 0 aromatic heterocycles. The van der Waals surface area contributed by atoms with Crippen LogP contribution >= 0.6 is 11.6 Å². The van der Waals surface area contributed by atoms with Gasteiger partial charge < -0.3 is 4.74 Å². The van der Waals surface area contributed by atoms with Crippen molar-refractivity contribution in [2.45, 2.75) is 39.5 Å². The number of halogens is 1. The summed E-state index contributed by atoms with van der Waals surface area (Å²) < 4.78 is 5.74. The van der Waals surface area contributed by atoms with E-state index in [1.165, 1.54) is 19.3 Å². The van der Waals surface area contributed by atoms with E-state index in [0.717, 1.165) is 18.8 Å². The minimum absolute atomic E-state index is 0.455. The maximum absolute atomic E-state index is 8.79. The fraction of sp³-hybridized carbons (Fsp3) is 0.533. The van der Waals surface area contributed by atoms with Crippen molar-refractivity contribution in [2.75, 3.05) is 6.61 Å². The molecule has 0 N–H and O–H groups in total. The van der Waals surface area contributed by atoms with E-state index in [2.05, 4.69) is 13.8 Å². The van der Waals surface area contributed by atoms with Crippen molar-refractivity contribution in [1.29, 1.82) is 5.26 Å². The summed E-state index contributed by atoms with van der Waals surface area (Å²) in [7, 11) is 0. The van der Waals surface area contributed by atoms with Gasteiger partial charge in [0.15, 0.2) is 0 Å². The van der Waals surface area contributed by atoms with E-state index in [1.807, 2.05) is 6.07 Å². The predicted molar refractivity (Wildman–Crippen MR) is 75.0 cm³/mol. The molecule has 98 valence electrons. The van der Waals surface area contributed by atoms with Gasteiger partial charge in [-0.3, -0.25) is 0 Å². The number of nitrogens with zero attached hydrogens (tertiary/aromatic N) is 1. The molecule has 1 rings (SSSR count). The van der Waals surface area contributed by atoms with Gasteiger partial charge in [0.25, 0.3) is 0 Å². The van der Waals surface area contributed by atoms with E-state index in [9.17, 15) is 0 Å². The molecule has 0 aliphatic carbocycles. The summed E-state index contributed by atoms with van der Waals surface area (Å²) in [6.07, 6.45) is 4.80. The molecular formula is C15H20ClNO. The molecule has 1 aromatic carbocycles. The Morgan fingerprint density at radius 3 is 2.72 bits per heavy atom. The van der Waals surface area contributed by atoms with Crippen molar-refractivity contribution >= 4 is 11.6 Å². The summed E-state index contributed by atoms with van der Waals surface area (Å²) in [4.78, 5) is 0. The SMILES string of the molecule is CCCCC(CC)COc1ccc(C#N)c(Cl)c1. The zero-order valence-corrected chi connectivity index (χ0v) is 11.8. The van der Waals surface area contributed by atoms with Gasteiger partial charge in [-0.05, 0) is 24.5 Å². The highest BCUT2D eigenvalue weighted by Gasteiger charge is 2.08. The van der Waals surface area contributed by atoms with Crippen molar-refractivity contribution in [2.24, 2.45) is 5.92 Å². The number of benzene rings is 1. The Bertz CT molecular complexity index is 411. The zero-order valence-electron chi connectivity index (χ0n) is 11.1. The van der Waals surface area contributed by atoms with Crippen molar-refractivity contribution in [3.8, 4) is 11.8 Å². The van der Waals surface area contributed by atoms with Crippen LogP contribution in [0, 0.1) is 17.2 Å². The van der Waals surface area contributed by atoms with Gasteiger partial charge in [0, 0.05) is 6.07 Å². The van der Waals surface area contributed by atoms with Gasteiger partial charge in [-0.15, -0.1) is 0 Å². The highest BCUT2D eigenvalue weighted by molar-refractivity contribution is 6.31. The molecule has 0 heterocycles. The van der Waals surface area contributed by atoms with Crippen LogP contribution in [0.3, 0.4) is 0 Å². The minimum atomic E-state index is 0.455. The van der Waals surface area contributed by atoms with Crippen LogP contribution in [0.15, 0.2) is 18.2 Å². The molecule has 18 heavy (non-hydrogen) atoms. The summed E-state index contributed by atoms with van der Waals surface area (Å²) in [6.45, 7) is 5.11. The Morgan fingerprint density at radius 1 is 1.39 bits per heavy atom. The van der Waals surface area contributed by atoms with E-state index in [4.69, 9.17) is 21.6 Å². The van der Waals surface area contributed by atoms with Crippen LogP contribution < -0.4 is 4.74 Å². The van der Waals surface area contributed by atoms with Crippen LogP contribution in [0.25, 0.3) is 0 Å². The first-order chi connectivity index (χ1) is 8.71. The highest BCUT2D eigenvalue weighted by atomic mass is 35.5. The molecule has 0 saturated heterocycles. The molecule has 1 unspecified atom stereocenters. The quantitative estimate of drug-likeness (QED) is 0.709. The molecule has 0 bridgehead atoms. The molecule has 0 aliphatic rings. The Balaban J connectivity index is 2.52. The van der Waals surface area contributed by atoms with Crippen LogP contribution in [0.2, 0.25) is 5.02 Å². The number of rotatable bonds is 7. The van der Waals surface area contributed by atoms with Gasteiger partial charge in [0.2, 0.25) is 0 Å². The Hall–Kier alpha value is -1.20. The standard InChI is InChI=1S/C15H20ClNO/c1-3-5-6-12(4-2)11-18-14-8-7-13(10-17)15(16)9-14/h7-9,12H,3-6,11H2,1-2H3. The van der Waals surface area contributed by atoms with Gasteiger partial charge in [-0.25, -0.2) is 0 Å². The topological polar surface area (TPSA) is 33.0 Å². The predicted octanol–water partition coefficient (Wildman–Crippen LogP) is 4.81. The largest absolute Gasteiger partial charge is 0.493 e. The number of nitriles is 1. The fourth-order valence-corrected chi connectivity index (χ4v) is 2.00. The minimum Gasteiger partial charge on any atom is -0.493 e. The molecule has 0 fully saturated rings. The summed E-state index contributed by atoms with van der Waals surface area (Å²) in [5, 5.41) is 9.24. The Morgan fingerprint density at radius 2 is 2.17 bits per heavy atom. The summed E-state index contributed by atoms with van der Waals surface area (Å²) in [5.41, 5.74) is 0.488. The van der Waals surface area contributed by atoms with E-state index in [0.29, 0.717) is 16.5 Å². The third kappa shape index (κ3) is 4.58. The number of ether oxygens (including phenoxy) is 1. The Labute approximate surface area is 115 Å². The van der Waals surface area contributed by atoms with Gasteiger partial charge in [-0.2, -0.15) is 5.26 Å². The van der Waals surface area contributed by atoms with Crippen LogP contribution in [0.5, 0.6) is 5.75 Å². The normalized spacial score (nSPS) is 11.9. The fourth-order valence-electron chi connectivity index (χ4n) is 1.79. The van der Waals surface area contributed by atoms with Gasteiger partial charge >= 0.3 is 0 Å². The molecule has 1 atom stereocenters. The lowest BCUT2D eigenvalue weighted by Crippen LogP contribution is -2.11. The van der Waals surface area contributed by atoms with Crippen molar-refractivity contribution in [3.05, 3.63) is 28.8 Å². The first kappa shape index (κ1) is 14.9. The second-order valence-corrected chi connectivity index (χ2v) is 4.89.